The maximum Gasteiger partial charge on any atom is 0.207 e. The molecule has 0 aliphatic heterocycles. The van der Waals surface area contributed by atoms with E-state index < -0.39 is 0 Å². The van der Waals surface area contributed by atoms with Crippen molar-refractivity contribution < 1.29 is 4.73 Å². The lowest BCUT2D eigenvalue weighted by Gasteiger charge is -1.97. The van der Waals surface area contributed by atoms with Crippen LogP contribution in [0.25, 0.3) is 0 Å². The Kier molecular flexibility index (Phi) is 1.34. The largest absolute Gasteiger partial charge is 0.618 e. The van der Waals surface area contributed by atoms with Crippen molar-refractivity contribution in [3.8, 4) is 0 Å². The molecule has 0 amide bonds. The number of hydrogen-bond donors (Lipinski definition) is 0. The Hall–Kier alpha value is -1.12. The van der Waals surface area contributed by atoms with E-state index in [-0.39, 0.29) is 0 Å². The van der Waals surface area contributed by atoms with Gasteiger partial charge in [-0.25, -0.2) is 4.98 Å². The fraction of sp³-hybridized carbons (Fsp3) is 0.333. The normalized spacial score (nSPS) is 9.56. The van der Waals surface area contributed by atoms with E-state index in [0.717, 1.165) is 10.4 Å². The van der Waals surface area contributed by atoms with Crippen LogP contribution >= 0.6 is 0 Å². The average Bonchev–Trinajstić information content (AvgIpc) is 1.80. The third-order valence-corrected chi connectivity index (χ3v) is 1.11. The summed E-state index contributed by atoms with van der Waals surface area (Å²) in [4.78, 5) is 3.92. The van der Waals surface area contributed by atoms with Gasteiger partial charge < -0.3 is 5.21 Å². The van der Waals surface area contributed by atoms with Crippen molar-refractivity contribution in [3.05, 3.63) is 29.0 Å². The van der Waals surface area contributed by atoms with E-state index in [1.807, 2.05) is 0 Å². The zero-order valence-corrected chi connectivity index (χ0v) is 5.46. The second-order valence-corrected chi connectivity index (χ2v) is 2.00. The highest BCUT2D eigenvalue weighted by Crippen LogP contribution is 1.86. The predicted molar refractivity (Wildman–Crippen MR) is 32.7 cm³/mol. The highest BCUT2D eigenvalue weighted by atomic mass is 16.5. The maximum absolute atomic E-state index is 10.7. The standard InChI is InChI=1S/C6H8N2O/c1-5-4-8(9)6(2)3-7-5/h3-4H,1-2H3. The van der Waals surface area contributed by atoms with Crippen LogP contribution in [0, 0.1) is 19.1 Å². The van der Waals surface area contributed by atoms with E-state index >= 15 is 0 Å². The quantitative estimate of drug-likeness (QED) is 0.369. The lowest BCUT2D eigenvalue weighted by molar-refractivity contribution is -0.613. The SMILES string of the molecule is Cc1c[n+]([O-])c(C)cn1. The summed E-state index contributed by atoms with van der Waals surface area (Å²) in [7, 11) is 0. The highest BCUT2D eigenvalue weighted by Gasteiger charge is 1.96. The molecule has 0 spiro atoms. The summed E-state index contributed by atoms with van der Waals surface area (Å²) in [5.41, 5.74) is 1.37. The smallest absolute Gasteiger partial charge is 0.207 e. The minimum absolute atomic E-state index is 0.626. The first-order chi connectivity index (χ1) is 4.20. The van der Waals surface area contributed by atoms with Crippen molar-refractivity contribution in [2.24, 2.45) is 0 Å². The Balaban J connectivity index is 3.17. The number of hydrogen-bond acceptors (Lipinski definition) is 2. The summed E-state index contributed by atoms with van der Waals surface area (Å²) in [5, 5.41) is 10.7. The molecule has 0 aliphatic carbocycles. The summed E-state index contributed by atoms with van der Waals surface area (Å²) in [6, 6.07) is 0. The van der Waals surface area contributed by atoms with Gasteiger partial charge in [0.15, 0.2) is 0 Å². The number of rotatable bonds is 0. The minimum Gasteiger partial charge on any atom is -0.618 e. The molecular weight excluding hydrogens is 116 g/mol. The van der Waals surface area contributed by atoms with Crippen molar-refractivity contribution in [1.82, 2.24) is 4.98 Å². The summed E-state index contributed by atoms with van der Waals surface area (Å²) in [5.74, 6) is 0. The van der Waals surface area contributed by atoms with Gasteiger partial charge >= 0.3 is 0 Å². The van der Waals surface area contributed by atoms with Crippen LogP contribution in [0.4, 0.5) is 0 Å². The monoisotopic (exact) mass is 124 g/mol. The van der Waals surface area contributed by atoms with Gasteiger partial charge in [0.1, 0.15) is 5.69 Å². The highest BCUT2D eigenvalue weighted by molar-refractivity contribution is 4.90. The average molecular weight is 124 g/mol. The van der Waals surface area contributed by atoms with Crippen molar-refractivity contribution in [1.29, 1.82) is 0 Å². The molecule has 0 unspecified atom stereocenters. The summed E-state index contributed by atoms with van der Waals surface area (Å²) < 4.78 is 0.808. The first-order valence-corrected chi connectivity index (χ1v) is 2.72. The fourth-order valence-electron chi connectivity index (χ4n) is 0.557. The van der Waals surface area contributed by atoms with Crippen LogP contribution in [-0.2, 0) is 0 Å². The summed E-state index contributed by atoms with van der Waals surface area (Å²) in [6.07, 6.45) is 3.01. The van der Waals surface area contributed by atoms with Crippen LogP contribution < -0.4 is 4.73 Å². The van der Waals surface area contributed by atoms with Crippen molar-refractivity contribution in [2.45, 2.75) is 13.8 Å². The molecule has 1 heterocycles. The Labute approximate surface area is 53.6 Å². The van der Waals surface area contributed by atoms with Gasteiger partial charge in [0.05, 0.1) is 6.20 Å². The fourth-order valence-corrected chi connectivity index (χ4v) is 0.557. The zero-order chi connectivity index (χ0) is 6.85. The van der Waals surface area contributed by atoms with E-state index in [1.165, 1.54) is 6.20 Å². The third kappa shape index (κ3) is 1.16. The molecule has 1 aromatic rings. The van der Waals surface area contributed by atoms with Crippen molar-refractivity contribution in [2.75, 3.05) is 0 Å². The zero-order valence-electron chi connectivity index (χ0n) is 5.46. The number of nitrogens with zero attached hydrogens (tertiary/aromatic N) is 2. The van der Waals surface area contributed by atoms with Gasteiger partial charge in [0.2, 0.25) is 11.9 Å². The van der Waals surface area contributed by atoms with Gasteiger partial charge in [0, 0.05) is 6.92 Å². The molecule has 0 saturated heterocycles. The molecule has 0 aromatic carbocycles. The van der Waals surface area contributed by atoms with Gasteiger partial charge in [0.25, 0.3) is 0 Å². The molecule has 0 saturated carbocycles. The molecule has 1 aromatic heterocycles. The van der Waals surface area contributed by atoms with Crippen LogP contribution in [0.3, 0.4) is 0 Å². The van der Waals surface area contributed by atoms with E-state index in [2.05, 4.69) is 4.98 Å². The Morgan fingerprint density at radius 2 is 2.22 bits per heavy atom. The van der Waals surface area contributed by atoms with Crippen LogP contribution in [0.15, 0.2) is 12.4 Å². The molecule has 3 nitrogen and oxygen atoms in total. The first-order valence-electron chi connectivity index (χ1n) is 2.72. The van der Waals surface area contributed by atoms with Gasteiger partial charge in [-0.05, 0) is 6.92 Å². The molecule has 1 rings (SSSR count). The molecule has 9 heavy (non-hydrogen) atoms. The number of aromatic nitrogens is 2. The summed E-state index contributed by atoms with van der Waals surface area (Å²) in [6.45, 7) is 3.51. The van der Waals surface area contributed by atoms with Crippen LogP contribution in [0.1, 0.15) is 11.4 Å². The summed E-state index contributed by atoms with van der Waals surface area (Å²) >= 11 is 0. The van der Waals surface area contributed by atoms with Gasteiger partial charge in [-0.15, -0.1) is 0 Å². The second kappa shape index (κ2) is 2.01. The van der Waals surface area contributed by atoms with E-state index in [1.54, 1.807) is 20.0 Å². The van der Waals surface area contributed by atoms with Crippen LogP contribution in [-0.4, -0.2) is 4.98 Å². The molecule has 0 radical (unpaired) electrons. The molecule has 0 N–H and O–H groups in total. The number of aryl methyl sites for hydroxylation is 2. The molecule has 0 atom stereocenters. The van der Waals surface area contributed by atoms with Crippen LogP contribution in [0.2, 0.25) is 0 Å². The molecular formula is C6H8N2O. The molecule has 0 aliphatic rings. The topological polar surface area (TPSA) is 39.8 Å². The maximum atomic E-state index is 10.7. The lowest BCUT2D eigenvalue weighted by Crippen LogP contribution is -2.30. The molecule has 48 valence electrons. The van der Waals surface area contributed by atoms with E-state index in [0.29, 0.717) is 5.69 Å². The Bertz CT molecular complexity index is 222. The van der Waals surface area contributed by atoms with E-state index in [9.17, 15) is 5.21 Å². The van der Waals surface area contributed by atoms with Crippen molar-refractivity contribution >= 4 is 0 Å². The predicted octanol–water partition coefficient (Wildman–Crippen LogP) is 0.332. The molecule has 0 bridgehead atoms. The third-order valence-electron chi connectivity index (χ3n) is 1.11. The lowest BCUT2D eigenvalue weighted by atomic mass is 10.4. The molecule has 0 fully saturated rings. The van der Waals surface area contributed by atoms with Crippen LogP contribution in [0.5, 0.6) is 0 Å². The van der Waals surface area contributed by atoms with E-state index in [4.69, 9.17) is 0 Å². The van der Waals surface area contributed by atoms with Crippen molar-refractivity contribution in [3.63, 3.8) is 0 Å². The minimum atomic E-state index is 0.626. The first kappa shape index (κ1) is 6.01. The van der Waals surface area contributed by atoms with Gasteiger partial charge in [-0.3, -0.25) is 0 Å². The Morgan fingerprint density at radius 1 is 1.56 bits per heavy atom. The molecule has 3 heteroatoms. The van der Waals surface area contributed by atoms with Gasteiger partial charge in [-0.1, -0.05) is 0 Å². The Morgan fingerprint density at radius 3 is 2.67 bits per heavy atom. The van der Waals surface area contributed by atoms with Gasteiger partial charge in [-0.2, -0.15) is 4.73 Å². The second-order valence-electron chi connectivity index (χ2n) is 2.00.